The second-order valence-corrected chi connectivity index (χ2v) is 5.00. The lowest BCUT2D eigenvalue weighted by Crippen LogP contribution is -2.26. The topological polar surface area (TPSA) is 119 Å². The van der Waals surface area contributed by atoms with Crippen LogP contribution in [0.15, 0.2) is 69.0 Å². The Kier molecular flexibility index (Phi) is 7.06. The summed E-state index contributed by atoms with van der Waals surface area (Å²) in [5.74, 6) is -1.57. The normalized spacial score (nSPS) is 13.6. The van der Waals surface area contributed by atoms with Crippen LogP contribution in [-0.4, -0.2) is 35.0 Å². The number of nitrogens with two attached hydrogens (primary N) is 1. The van der Waals surface area contributed by atoms with E-state index in [1.54, 1.807) is 18.2 Å². The molecule has 0 aliphatic rings. The van der Waals surface area contributed by atoms with Crippen molar-refractivity contribution in [3.05, 3.63) is 71.7 Å². The largest absolute Gasteiger partial charge is 0.396 e. The number of pyridine rings is 1. The third-order valence-electron chi connectivity index (χ3n) is 3.20. The molecule has 2 rings (SSSR count). The lowest BCUT2D eigenvalue weighted by Gasteiger charge is -2.07. The summed E-state index contributed by atoms with van der Waals surface area (Å²) >= 11 is 0. The molecule has 2 aromatic rings. The number of hydrogen-bond acceptors (Lipinski definition) is 7. The number of hydrogen-bond donors (Lipinski definition) is 2. The fourth-order valence-corrected chi connectivity index (χ4v) is 1.92. The van der Waals surface area contributed by atoms with Crippen molar-refractivity contribution >= 4 is 17.8 Å². The number of rotatable bonds is 7. The third kappa shape index (κ3) is 5.66. The third-order valence-corrected chi connectivity index (χ3v) is 3.20. The van der Waals surface area contributed by atoms with Gasteiger partial charge in [0, 0.05) is 31.1 Å². The minimum Gasteiger partial charge on any atom is -0.396 e. The van der Waals surface area contributed by atoms with Gasteiger partial charge < -0.3 is 15.6 Å². The van der Waals surface area contributed by atoms with E-state index in [2.05, 4.69) is 25.4 Å². The number of carbonyl (C=O) groups excluding carboxylic acids is 1. The van der Waals surface area contributed by atoms with E-state index in [0.29, 0.717) is 5.69 Å². The average molecular weight is 374 g/mol. The molecule has 0 atom stereocenters. The minimum atomic E-state index is -1.03. The van der Waals surface area contributed by atoms with Crippen molar-refractivity contribution in [2.45, 2.75) is 6.54 Å². The summed E-state index contributed by atoms with van der Waals surface area (Å²) in [6, 6.07) is 4.69. The average Bonchev–Trinajstić information content (AvgIpc) is 3.21. The van der Waals surface area contributed by atoms with Crippen molar-refractivity contribution in [2.75, 3.05) is 7.05 Å². The van der Waals surface area contributed by atoms with Crippen LogP contribution >= 0.6 is 0 Å². The van der Waals surface area contributed by atoms with Crippen LogP contribution in [0.1, 0.15) is 11.3 Å². The Bertz CT molecular complexity index is 904. The van der Waals surface area contributed by atoms with E-state index in [1.165, 1.54) is 25.6 Å². The SMILES string of the molecule is CN=C(N/C=C(/F)C=O)/C(N)=C/C(=NCc1cccnc1F)c1ccon1. The molecular formula is C17H16F2N6O2. The van der Waals surface area contributed by atoms with Crippen LogP contribution in [0.25, 0.3) is 0 Å². The van der Waals surface area contributed by atoms with Gasteiger partial charge in [0.2, 0.25) is 5.95 Å². The molecular weight excluding hydrogens is 358 g/mol. The molecule has 0 fully saturated rings. The fourth-order valence-electron chi connectivity index (χ4n) is 1.92. The predicted octanol–water partition coefficient (Wildman–Crippen LogP) is 1.67. The van der Waals surface area contributed by atoms with Gasteiger partial charge in [-0.3, -0.25) is 14.8 Å². The van der Waals surface area contributed by atoms with E-state index in [0.717, 1.165) is 6.20 Å². The molecule has 27 heavy (non-hydrogen) atoms. The van der Waals surface area contributed by atoms with Gasteiger partial charge in [-0.15, -0.1) is 0 Å². The van der Waals surface area contributed by atoms with Crippen LogP contribution in [0.3, 0.4) is 0 Å². The lowest BCUT2D eigenvalue weighted by molar-refractivity contribution is -0.106. The van der Waals surface area contributed by atoms with Crippen LogP contribution < -0.4 is 11.1 Å². The Morgan fingerprint density at radius 3 is 2.89 bits per heavy atom. The Labute approximate surface area is 153 Å². The molecule has 8 nitrogen and oxygen atoms in total. The Hall–Kier alpha value is -3.69. The summed E-state index contributed by atoms with van der Waals surface area (Å²) in [5, 5.41) is 6.26. The molecule has 0 aliphatic carbocycles. The van der Waals surface area contributed by atoms with Crippen molar-refractivity contribution in [1.29, 1.82) is 0 Å². The van der Waals surface area contributed by atoms with Gasteiger partial charge in [-0.25, -0.2) is 9.37 Å². The Morgan fingerprint density at radius 1 is 1.44 bits per heavy atom. The summed E-state index contributed by atoms with van der Waals surface area (Å²) in [5.41, 5.74) is 6.97. The molecule has 2 heterocycles. The molecule has 2 aromatic heterocycles. The van der Waals surface area contributed by atoms with Crippen molar-refractivity contribution in [1.82, 2.24) is 15.5 Å². The molecule has 0 bridgehead atoms. The number of amidine groups is 1. The molecule has 0 spiro atoms. The summed E-state index contributed by atoms with van der Waals surface area (Å²) in [4.78, 5) is 22.0. The smallest absolute Gasteiger partial charge is 0.217 e. The second-order valence-electron chi connectivity index (χ2n) is 5.00. The summed E-state index contributed by atoms with van der Waals surface area (Å²) in [7, 11) is 1.42. The molecule has 0 unspecified atom stereocenters. The number of aliphatic imine (C=N–C) groups is 2. The van der Waals surface area contributed by atoms with E-state index in [-0.39, 0.29) is 35.6 Å². The van der Waals surface area contributed by atoms with Gasteiger partial charge in [0.25, 0.3) is 0 Å². The molecule has 0 amide bonds. The lowest BCUT2D eigenvalue weighted by atomic mass is 10.2. The number of halogens is 2. The van der Waals surface area contributed by atoms with E-state index < -0.39 is 11.8 Å². The highest BCUT2D eigenvalue weighted by Gasteiger charge is 2.10. The van der Waals surface area contributed by atoms with E-state index in [9.17, 15) is 13.6 Å². The standard InChI is InChI=1S/C17H16F2N6O2/c1-21-17(24-9-12(18)10-26)13(20)7-15(14-4-6-27-25-14)23-8-11-3-2-5-22-16(11)19/h2-7,9-10H,8,20H2,1H3,(H,21,24)/b12-9+,13-7-,23-15?. The molecule has 0 saturated heterocycles. The molecule has 0 aliphatic heterocycles. The maximum atomic E-state index is 13.7. The summed E-state index contributed by atoms with van der Waals surface area (Å²) < 4.78 is 31.4. The summed E-state index contributed by atoms with van der Waals surface area (Å²) in [6.07, 6.45) is 4.93. The number of aromatic nitrogens is 2. The van der Waals surface area contributed by atoms with Gasteiger partial charge >= 0.3 is 0 Å². The van der Waals surface area contributed by atoms with Gasteiger partial charge in [0.15, 0.2) is 12.1 Å². The van der Waals surface area contributed by atoms with E-state index >= 15 is 0 Å². The quantitative estimate of drug-likeness (QED) is 0.250. The van der Waals surface area contributed by atoms with Gasteiger partial charge in [-0.1, -0.05) is 11.2 Å². The van der Waals surface area contributed by atoms with Gasteiger partial charge in [0.1, 0.15) is 17.8 Å². The molecule has 3 N–H and O–H groups in total. The first-order valence-corrected chi connectivity index (χ1v) is 7.61. The minimum absolute atomic E-state index is 0.0165. The number of carbonyl (C=O) groups is 1. The van der Waals surface area contributed by atoms with Crippen LogP contribution in [-0.2, 0) is 11.3 Å². The Morgan fingerprint density at radius 2 is 2.26 bits per heavy atom. The van der Waals surface area contributed by atoms with Crippen molar-refractivity contribution in [3.63, 3.8) is 0 Å². The monoisotopic (exact) mass is 374 g/mol. The summed E-state index contributed by atoms with van der Waals surface area (Å²) in [6.45, 7) is -0.0165. The molecule has 140 valence electrons. The number of aldehydes is 1. The maximum absolute atomic E-state index is 13.7. The van der Waals surface area contributed by atoms with Crippen molar-refractivity contribution in [2.24, 2.45) is 15.7 Å². The molecule has 0 aromatic carbocycles. The first-order valence-electron chi connectivity index (χ1n) is 7.61. The van der Waals surface area contributed by atoms with Crippen molar-refractivity contribution in [3.8, 4) is 0 Å². The second kappa shape index (κ2) is 9.70. The Balaban J connectivity index is 2.31. The molecule has 0 radical (unpaired) electrons. The number of allylic oxidation sites excluding steroid dienone is 2. The molecule has 10 heteroatoms. The zero-order valence-corrected chi connectivity index (χ0v) is 14.3. The zero-order chi connectivity index (χ0) is 19.6. The first kappa shape index (κ1) is 19.6. The zero-order valence-electron chi connectivity index (χ0n) is 14.3. The van der Waals surface area contributed by atoms with Crippen LogP contribution in [0, 0.1) is 5.95 Å². The molecule has 0 saturated carbocycles. The highest BCUT2D eigenvalue weighted by atomic mass is 19.1. The van der Waals surface area contributed by atoms with Crippen LogP contribution in [0.4, 0.5) is 8.78 Å². The van der Waals surface area contributed by atoms with E-state index in [1.807, 2.05) is 0 Å². The number of nitrogens with one attached hydrogen (secondary N) is 1. The van der Waals surface area contributed by atoms with Crippen LogP contribution in [0.2, 0.25) is 0 Å². The van der Waals surface area contributed by atoms with Gasteiger partial charge in [0.05, 0.1) is 18.0 Å². The van der Waals surface area contributed by atoms with Crippen molar-refractivity contribution < 1.29 is 18.1 Å². The van der Waals surface area contributed by atoms with Gasteiger partial charge in [-0.05, 0) is 12.1 Å². The maximum Gasteiger partial charge on any atom is 0.217 e. The number of nitrogens with zero attached hydrogens (tertiary/aromatic N) is 4. The first-order chi connectivity index (χ1) is 13.0. The predicted molar refractivity (Wildman–Crippen MR) is 95.0 cm³/mol. The highest BCUT2D eigenvalue weighted by Crippen LogP contribution is 2.08. The van der Waals surface area contributed by atoms with Gasteiger partial charge in [-0.2, -0.15) is 4.39 Å². The highest BCUT2D eigenvalue weighted by molar-refractivity contribution is 6.12. The van der Waals surface area contributed by atoms with Crippen LogP contribution in [0.5, 0.6) is 0 Å². The van der Waals surface area contributed by atoms with E-state index in [4.69, 9.17) is 10.3 Å². The fraction of sp³-hybridized carbons (Fsp3) is 0.118.